The second kappa shape index (κ2) is 9.25. The van der Waals surface area contributed by atoms with E-state index in [0.29, 0.717) is 26.4 Å². The molecule has 0 spiro atoms. The van der Waals surface area contributed by atoms with Gasteiger partial charge in [0.25, 0.3) is 0 Å². The lowest BCUT2D eigenvalue weighted by molar-refractivity contribution is 0.0693. The van der Waals surface area contributed by atoms with Crippen LogP contribution in [0.25, 0.3) is 10.8 Å². The summed E-state index contributed by atoms with van der Waals surface area (Å²) in [5.74, 6) is 1.45. The van der Waals surface area contributed by atoms with Crippen LogP contribution in [-0.2, 0) is 11.3 Å². The van der Waals surface area contributed by atoms with Crippen molar-refractivity contribution in [3.63, 3.8) is 0 Å². The number of rotatable bonds is 6. The van der Waals surface area contributed by atoms with Crippen molar-refractivity contribution in [2.45, 2.75) is 13.5 Å². The van der Waals surface area contributed by atoms with Crippen molar-refractivity contribution >= 4 is 28.0 Å². The van der Waals surface area contributed by atoms with E-state index < -0.39 is 0 Å². The molecule has 0 amide bonds. The maximum Gasteiger partial charge on any atom is 0.161 e. The largest absolute Gasteiger partial charge is 0.490 e. The van der Waals surface area contributed by atoms with Gasteiger partial charge in [-0.15, -0.1) is 0 Å². The summed E-state index contributed by atoms with van der Waals surface area (Å²) < 4.78 is 17.5. The predicted octanol–water partition coefficient (Wildman–Crippen LogP) is 4.83. The summed E-state index contributed by atoms with van der Waals surface area (Å²) in [6.07, 6.45) is 0. The zero-order valence-corrected chi connectivity index (χ0v) is 17.4. The van der Waals surface area contributed by atoms with E-state index in [1.165, 1.54) is 10.8 Å². The van der Waals surface area contributed by atoms with E-state index in [-0.39, 0.29) is 0 Å². The van der Waals surface area contributed by atoms with E-state index in [1.54, 1.807) is 0 Å². The molecule has 0 atom stereocenters. The number of morpholine rings is 1. The van der Waals surface area contributed by atoms with Crippen molar-refractivity contribution in [3.8, 4) is 11.5 Å². The average molecular weight is 408 g/mol. The second-order valence-electron chi connectivity index (χ2n) is 6.93. The number of hydrogen-bond acceptors (Lipinski definition) is 4. The van der Waals surface area contributed by atoms with Gasteiger partial charge in [-0.1, -0.05) is 54.7 Å². The van der Waals surface area contributed by atoms with Gasteiger partial charge in [0.2, 0.25) is 0 Å². The Balaban J connectivity index is 1.54. The average Bonchev–Trinajstić information content (AvgIpc) is 2.78. The molecule has 150 valence electrons. The van der Waals surface area contributed by atoms with Crippen molar-refractivity contribution in [2.75, 3.05) is 32.9 Å². The van der Waals surface area contributed by atoms with Crippen LogP contribution in [0.15, 0.2) is 60.7 Å². The van der Waals surface area contributed by atoms with Crippen LogP contribution in [0.3, 0.4) is 0 Å². The molecule has 1 aliphatic heterocycles. The number of benzene rings is 3. The third-order valence-electron chi connectivity index (χ3n) is 5.05. The van der Waals surface area contributed by atoms with Gasteiger partial charge in [0, 0.05) is 18.7 Å². The Labute approximate surface area is 177 Å². The minimum absolute atomic E-state index is 0.481. The van der Waals surface area contributed by atoms with Crippen molar-refractivity contribution < 1.29 is 14.2 Å². The zero-order valence-electron chi connectivity index (χ0n) is 16.6. The van der Waals surface area contributed by atoms with E-state index in [9.17, 15) is 0 Å². The molecule has 3 aromatic rings. The first-order chi connectivity index (χ1) is 14.3. The highest BCUT2D eigenvalue weighted by atomic mass is 32.1. The number of ether oxygens (including phenoxy) is 3. The maximum atomic E-state index is 6.16. The highest BCUT2D eigenvalue weighted by molar-refractivity contribution is 7.80. The Bertz CT molecular complexity index is 993. The molecule has 0 unspecified atom stereocenters. The Morgan fingerprint density at radius 1 is 0.966 bits per heavy atom. The molecule has 3 aromatic carbocycles. The molecule has 0 aromatic heterocycles. The molecule has 5 heteroatoms. The Morgan fingerprint density at radius 3 is 2.59 bits per heavy atom. The van der Waals surface area contributed by atoms with E-state index in [0.717, 1.165) is 40.7 Å². The molecule has 0 radical (unpaired) electrons. The zero-order chi connectivity index (χ0) is 20.1. The van der Waals surface area contributed by atoms with Crippen molar-refractivity contribution in [3.05, 3.63) is 71.8 Å². The monoisotopic (exact) mass is 407 g/mol. The lowest BCUT2D eigenvalue weighted by Crippen LogP contribution is -2.40. The van der Waals surface area contributed by atoms with Crippen molar-refractivity contribution in [1.82, 2.24) is 4.90 Å². The molecule has 0 bridgehead atoms. The van der Waals surface area contributed by atoms with Gasteiger partial charge in [-0.05, 0) is 41.5 Å². The van der Waals surface area contributed by atoms with Gasteiger partial charge in [-0.2, -0.15) is 0 Å². The third-order valence-corrected chi connectivity index (χ3v) is 5.55. The maximum absolute atomic E-state index is 6.16. The molecule has 0 aliphatic carbocycles. The van der Waals surface area contributed by atoms with Crippen LogP contribution in [0.2, 0.25) is 0 Å². The number of fused-ring (bicyclic) bond motifs is 1. The van der Waals surface area contributed by atoms with Gasteiger partial charge in [0.1, 0.15) is 11.6 Å². The smallest absolute Gasteiger partial charge is 0.161 e. The standard InChI is InChI=1S/C24H25NO3S/c1-2-27-23-16-19(24(29)25-12-14-26-15-13-25)10-11-22(23)28-17-20-8-5-7-18-6-3-4-9-21(18)20/h3-11,16H,2,12-15,17H2,1H3. The topological polar surface area (TPSA) is 30.9 Å². The SMILES string of the molecule is CCOc1cc(C(=S)N2CCOCC2)ccc1OCc1cccc2ccccc12. The first-order valence-corrected chi connectivity index (χ1v) is 10.4. The van der Waals surface area contributed by atoms with Gasteiger partial charge in [0.15, 0.2) is 11.5 Å². The lowest BCUT2D eigenvalue weighted by atomic mass is 10.1. The van der Waals surface area contributed by atoms with E-state index >= 15 is 0 Å². The molecule has 1 saturated heterocycles. The predicted molar refractivity (Wildman–Crippen MR) is 120 cm³/mol. The molecular weight excluding hydrogens is 382 g/mol. The van der Waals surface area contributed by atoms with Crippen LogP contribution >= 0.6 is 12.2 Å². The van der Waals surface area contributed by atoms with E-state index in [1.807, 2.05) is 25.1 Å². The molecule has 1 fully saturated rings. The van der Waals surface area contributed by atoms with Crippen LogP contribution in [0.4, 0.5) is 0 Å². The molecular formula is C24H25NO3S. The summed E-state index contributed by atoms with van der Waals surface area (Å²) in [5.41, 5.74) is 2.13. The normalized spacial score (nSPS) is 14.0. The summed E-state index contributed by atoms with van der Waals surface area (Å²) >= 11 is 5.70. The van der Waals surface area contributed by atoms with Crippen LogP contribution in [0.1, 0.15) is 18.1 Å². The molecule has 4 rings (SSSR count). The van der Waals surface area contributed by atoms with Crippen molar-refractivity contribution in [1.29, 1.82) is 0 Å². The summed E-state index contributed by atoms with van der Waals surface area (Å²) in [4.78, 5) is 3.01. The minimum Gasteiger partial charge on any atom is -0.490 e. The summed E-state index contributed by atoms with van der Waals surface area (Å²) in [5, 5.41) is 2.42. The molecule has 0 N–H and O–H groups in total. The van der Waals surface area contributed by atoms with Gasteiger partial charge in [-0.25, -0.2) is 0 Å². The fourth-order valence-electron chi connectivity index (χ4n) is 3.55. The number of thiocarbonyl (C=S) groups is 1. The summed E-state index contributed by atoms with van der Waals surface area (Å²) in [6, 6.07) is 20.6. The summed E-state index contributed by atoms with van der Waals surface area (Å²) in [7, 11) is 0. The highest BCUT2D eigenvalue weighted by Crippen LogP contribution is 2.31. The van der Waals surface area contributed by atoms with Crippen molar-refractivity contribution in [2.24, 2.45) is 0 Å². The van der Waals surface area contributed by atoms with Crippen LogP contribution in [-0.4, -0.2) is 42.8 Å². The fourth-order valence-corrected chi connectivity index (χ4v) is 3.86. The van der Waals surface area contributed by atoms with Crippen LogP contribution in [0, 0.1) is 0 Å². The first kappa shape index (κ1) is 19.7. The van der Waals surface area contributed by atoms with Gasteiger partial charge < -0.3 is 19.1 Å². The molecule has 29 heavy (non-hydrogen) atoms. The number of hydrogen-bond donors (Lipinski definition) is 0. The van der Waals surface area contributed by atoms with E-state index in [4.69, 9.17) is 26.4 Å². The lowest BCUT2D eigenvalue weighted by Gasteiger charge is -2.29. The van der Waals surface area contributed by atoms with Crippen LogP contribution in [0.5, 0.6) is 11.5 Å². The Morgan fingerprint density at radius 2 is 1.76 bits per heavy atom. The fraction of sp³-hybridized carbons (Fsp3) is 0.292. The van der Waals surface area contributed by atoms with Crippen LogP contribution < -0.4 is 9.47 Å². The highest BCUT2D eigenvalue weighted by Gasteiger charge is 2.17. The molecule has 0 saturated carbocycles. The van der Waals surface area contributed by atoms with Gasteiger partial charge in [-0.3, -0.25) is 0 Å². The minimum atomic E-state index is 0.481. The summed E-state index contributed by atoms with van der Waals surface area (Å²) in [6.45, 7) is 6.09. The Kier molecular flexibility index (Phi) is 6.27. The Hall–Kier alpha value is -2.63. The second-order valence-corrected chi connectivity index (χ2v) is 7.31. The van der Waals surface area contributed by atoms with Gasteiger partial charge in [0.05, 0.1) is 19.8 Å². The quantitative estimate of drug-likeness (QED) is 0.547. The number of nitrogens with zero attached hydrogens (tertiary/aromatic N) is 1. The van der Waals surface area contributed by atoms with Gasteiger partial charge >= 0.3 is 0 Å². The van der Waals surface area contributed by atoms with E-state index in [2.05, 4.69) is 47.4 Å². The first-order valence-electron chi connectivity index (χ1n) is 9.99. The molecule has 1 heterocycles. The third kappa shape index (κ3) is 4.52. The molecule has 1 aliphatic rings. The molecule has 4 nitrogen and oxygen atoms in total.